The number of rotatable bonds is 4. The minimum absolute atomic E-state index is 0.0397. The Bertz CT molecular complexity index is 887. The standard InChI is InChI=1S/C16H10Cl2N2O4/c17-12-2-1-3-13(18)14(12)16-11(8-21)15(19-24-16)9-4-6-10(7-5-9)20(22)23/h1-7,21H,8H2. The van der Waals surface area contributed by atoms with Gasteiger partial charge in [-0.3, -0.25) is 10.1 Å². The molecule has 0 atom stereocenters. The molecule has 0 saturated heterocycles. The second-order valence-electron chi connectivity index (χ2n) is 4.90. The summed E-state index contributed by atoms with van der Waals surface area (Å²) < 4.78 is 5.35. The van der Waals surface area contributed by atoms with Crippen LogP contribution in [0.2, 0.25) is 10.0 Å². The van der Waals surface area contributed by atoms with E-state index in [0.717, 1.165) is 0 Å². The molecular formula is C16H10Cl2N2O4. The van der Waals surface area contributed by atoms with Crippen molar-refractivity contribution < 1.29 is 14.6 Å². The number of aliphatic hydroxyl groups excluding tert-OH is 1. The number of halogens is 2. The molecule has 1 N–H and O–H groups in total. The third kappa shape index (κ3) is 2.87. The van der Waals surface area contributed by atoms with E-state index >= 15 is 0 Å². The molecule has 24 heavy (non-hydrogen) atoms. The van der Waals surface area contributed by atoms with Gasteiger partial charge in [0.1, 0.15) is 5.69 Å². The molecule has 0 radical (unpaired) electrons. The maximum atomic E-state index is 10.7. The number of benzene rings is 2. The van der Waals surface area contributed by atoms with Crippen molar-refractivity contribution in [3.8, 4) is 22.6 Å². The van der Waals surface area contributed by atoms with Crippen molar-refractivity contribution in [2.75, 3.05) is 0 Å². The Kier molecular flexibility index (Phi) is 4.53. The predicted octanol–water partition coefficient (Wildman–Crippen LogP) is 4.72. The minimum Gasteiger partial charge on any atom is -0.391 e. The molecule has 1 aromatic heterocycles. The van der Waals surface area contributed by atoms with Crippen molar-refractivity contribution in [3.63, 3.8) is 0 Å². The van der Waals surface area contributed by atoms with Crippen LogP contribution < -0.4 is 0 Å². The summed E-state index contributed by atoms with van der Waals surface area (Å²) in [7, 11) is 0. The quantitative estimate of drug-likeness (QED) is 0.534. The fraction of sp³-hybridized carbons (Fsp3) is 0.0625. The van der Waals surface area contributed by atoms with Crippen LogP contribution in [-0.2, 0) is 6.61 Å². The molecule has 0 aliphatic heterocycles. The average molecular weight is 365 g/mol. The van der Waals surface area contributed by atoms with E-state index in [1.54, 1.807) is 18.2 Å². The molecule has 2 aromatic carbocycles. The van der Waals surface area contributed by atoms with Gasteiger partial charge in [-0.15, -0.1) is 0 Å². The highest BCUT2D eigenvalue weighted by Gasteiger charge is 2.22. The molecule has 0 saturated carbocycles. The third-order valence-electron chi connectivity index (χ3n) is 3.49. The number of non-ortho nitro benzene ring substituents is 1. The van der Waals surface area contributed by atoms with Crippen LogP contribution in [0.25, 0.3) is 22.6 Å². The fourth-order valence-corrected chi connectivity index (χ4v) is 2.90. The molecule has 0 bridgehead atoms. The Hall–Kier alpha value is -2.41. The molecule has 0 fully saturated rings. The molecule has 0 aliphatic carbocycles. The molecule has 0 unspecified atom stereocenters. The lowest BCUT2D eigenvalue weighted by Gasteiger charge is -2.05. The van der Waals surface area contributed by atoms with Crippen LogP contribution in [0.1, 0.15) is 5.56 Å². The Morgan fingerprint density at radius 3 is 2.29 bits per heavy atom. The second kappa shape index (κ2) is 6.60. The first-order chi connectivity index (χ1) is 11.5. The summed E-state index contributed by atoms with van der Waals surface area (Å²) in [6, 6.07) is 10.8. The van der Waals surface area contributed by atoms with Crippen molar-refractivity contribution in [1.82, 2.24) is 5.16 Å². The van der Waals surface area contributed by atoms with Gasteiger partial charge in [0.2, 0.25) is 0 Å². The lowest BCUT2D eigenvalue weighted by Crippen LogP contribution is -1.91. The Labute approximate surface area is 146 Å². The first-order valence-electron chi connectivity index (χ1n) is 6.81. The zero-order valence-corrected chi connectivity index (χ0v) is 13.6. The molecule has 0 amide bonds. The van der Waals surface area contributed by atoms with Gasteiger partial charge >= 0.3 is 0 Å². The van der Waals surface area contributed by atoms with E-state index in [4.69, 9.17) is 27.7 Å². The minimum atomic E-state index is -0.492. The third-order valence-corrected chi connectivity index (χ3v) is 4.12. The molecule has 3 rings (SSSR count). The molecule has 3 aromatic rings. The summed E-state index contributed by atoms with van der Waals surface area (Å²) in [6.45, 7) is -0.354. The van der Waals surface area contributed by atoms with Crippen LogP contribution in [-0.4, -0.2) is 15.2 Å². The van der Waals surface area contributed by atoms with Crippen molar-refractivity contribution >= 4 is 28.9 Å². The van der Waals surface area contributed by atoms with Gasteiger partial charge < -0.3 is 9.63 Å². The topological polar surface area (TPSA) is 89.4 Å². The lowest BCUT2D eigenvalue weighted by atomic mass is 10.0. The van der Waals surface area contributed by atoms with Crippen LogP contribution in [0, 0.1) is 10.1 Å². The van der Waals surface area contributed by atoms with Crippen molar-refractivity contribution in [3.05, 3.63) is 68.2 Å². The lowest BCUT2D eigenvalue weighted by molar-refractivity contribution is -0.384. The van der Waals surface area contributed by atoms with Crippen molar-refractivity contribution in [1.29, 1.82) is 0 Å². The monoisotopic (exact) mass is 364 g/mol. The zero-order chi connectivity index (χ0) is 17.3. The molecule has 8 heteroatoms. The van der Waals surface area contributed by atoms with Gasteiger partial charge in [-0.25, -0.2) is 0 Å². The van der Waals surface area contributed by atoms with Crippen LogP contribution in [0.5, 0.6) is 0 Å². The van der Waals surface area contributed by atoms with E-state index in [1.807, 2.05) is 0 Å². The highest BCUT2D eigenvalue weighted by molar-refractivity contribution is 6.39. The number of aliphatic hydroxyl groups is 1. The molecular weight excluding hydrogens is 355 g/mol. The van der Waals surface area contributed by atoms with Crippen LogP contribution in [0.4, 0.5) is 5.69 Å². The molecule has 122 valence electrons. The van der Waals surface area contributed by atoms with Gasteiger partial charge in [-0.2, -0.15) is 0 Å². The summed E-state index contributed by atoms with van der Waals surface area (Å²) >= 11 is 12.4. The van der Waals surface area contributed by atoms with Crippen LogP contribution in [0.15, 0.2) is 47.0 Å². The van der Waals surface area contributed by atoms with Gasteiger partial charge in [-0.1, -0.05) is 34.4 Å². The summed E-state index contributed by atoms with van der Waals surface area (Å²) in [5.74, 6) is 0.265. The first kappa shape index (κ1) is 16.4. The first-order valence-corrected chi connectivity index (χ1v) is 7.57. The smallest absolute Gasteiger partial charge is 0.269 e. The normalized spacial score (nSPS) is 10.8. The number of nitro groups is 1. The molecule has 0 spiro atoms. The van der Waals surface area contributed by atoms with Gasteiger partial charge in [0, 0.05) is 17.7 Å². The number of nitro benzene ring substituents is 1. The fourth-order valence-electron chi connectivity index (χ4n) is 2.33. The number of hydrogen-bond acceptors (Lipinski definition) is 5. The van der Waals surface area contributed by atoms with E-state index in [2.05, 4.69) is 5.16 Å². The Morgan fingerprint density at radius 2 is 1.75 bits per heavy atom. The predicted molar refractivity (Wildman–Crippen MR) is 90.0 cm³/mol. The van der Waals surface area contributed by atoms with Crippen LogP contribution >= 0.6 is 23.2 Å². The zero-order valence-electron chi connectivity index (χ0n) is 12.1. The van der Waals surface area contributed by atoms with Crippen molar-refractivity contribution in [2.45, 2.75) is 6.61 Å². The van der Waals surface area contributed by atoms with Gasteiger partial charge in [-0.05, 0) is 24.3 Å². The maximum absolute atomic E-state index is 10.7. The summed E-state index contributed by atoms with van der Waals surface area (Å²) in [5, 5.41) is 25.2. The average Bonchev–Trinajstić information content (AvgIpc) is 2.98. The van der Waals surface area contributed by atoms with E-state index in [9.17, 15) is 15.2 Å². The molecule has 0 aliphatic rings. The SMILES string of the molecule is O=[N+]([O-])c1ccc(-c2noc(-c3c(Cl)cccc3Cl)c2CO)cc1. The highest BCUT2D eigenvalue weighted by atomic mass is 35.5. The van der Waals surface area contributed by atoms with Gasteiger partial charge in [0.25, 0.3) is 5.69 Å². The van der Waals surface area contributed by atoms with Gasteiger partial charge in [0.15, 0.2) is 5.76 Å². The van der Waals surface area contributed by atoms with E-state index < -0.39 is 4.92 Å². The molecule has 6 nitrogen and oxygen atoms in total. The summed E-state index contributed by atoms with van der Waals surface area (Å²) in [6.07, 6.45) is 0. The number of hydrogen-bond donors (Lipinski definition) is 1. The van der Waals surface area contributed by atoms with Gasteiger partial charge in [0.05, 0.1) is 32.7 Å². The van der Waals surface area contributed by atoms with Crippen LogP contribution in [0.3, 0.4) is 0 Å². The Morgan fingerprint density at radius 1 is 1.12 bits per heavy atom. The highest BCUT2D eigenvalue weighted by Crippen LogP contribution is 2.40. The van der Waals surface area contributed by atoms with E-state index in [0.29, 0.717) is 32.4 Å². The number of nitrogens with zero attached hydrogens (tertiary/aromatic N) is 2. The summed E-state index contributed by atoms with van der Waals surface area (Å²) in [4.78, 5) is 10.2. The van der Waals surface area contributed by atoms with E-state index in [-0.39, 0.29) is 18.1 Å². The number of aromatic nitrogens is 1. The van der Waals surface area contributed by atoms with E-state index in [1.165, 1.54) is 24.3 Å². The summed E-state index contributed by atoms with van der Waals surface area (Å²) in [5.41, 5.74) is 1.74. The maximum Gasteiger partial charge on any atom is 0.269 e. The second-order valence-corrected chi connectivity index (χ2v) is 5.71. The largest absolute Gasteiger partial charge is 0.391 e. The van der Waals surface area contributed by atoms with Crippen molar-refractivity contribution in [2.24, 2.45) is 0 Å². The molecule has 1 heterocycles. The Balaban J connectivity index is 2.12.